The van der Waals surface area contributed by atoms with E-state index in [0.29, 0.717) is 24.4 Å². The van der Waals surface area contributed by atoms with E-state index in [1.165, 1.54) is 10.4 Å². The van der Waals surface area contributed by atoms with E-state index in [2.05, 4.69) is 39.2 Å². The van der Waals surface area contributed by atoms with Gasteiger partial charge in [-0.25, -0.2) is 0 Å². The molecule has 3 atom stereocenters. The second-order valence-corrected chi connectivity index (χ2v) is 8.63. The molecule has 0 N–H and O–H groups in total. The lowest BCUT2D eigenvalue weighted by Gasteiger charge is -2.33. The van der Waals surface area contributed by atoms with Crippen LogP contribution in [0.4, 0.5) is 0 Å². The molecule has 3 aliphatic heterocycles. The molecule has 0 unspecified atom stereocenters. The molecule has 5 heteroatoms. The standard InChI is InChI=1S/C20H23N3OS/c1-14-5-9-25-18(14)17-10-16-13-22(12-15-4-2-7-21-11-15)19(24)20(16)6-3-8-23(17)20/h2,4-5,7,9,11,16-17H,3,6,8,10,12-13H2,1H3/t16-,17-,20-/m0/s1. The second kappa shape index (κ2) is 5.64. The summed E-state index contributed by atoms with van der Waals surface area (Å²) in [5.41, 5.74) is 2.28. The average molecular weight is 353 g/mol. The molecule has 2 aromatic heterocycles. The Balaban J connectivity index is 1.45. The SMILES string of the molecule is Cc1ccsc1[C@@H]1C[C@H]2CN(Cc3cccnc3)C(=O)[C@]23CCCN13. The number of aryl methyl sites for hydroxylation is 1. The van der Waals surface area contributed by atoms with Crippen molar-refractivity contribution in [1.82, 2.24) is 14.8 Å². The molecule has 4 nitrogen and oxygen atoms in total. The molecule has 1 amide bonds. The lowest BCUT2D eigenvalue weighted by atomic mass is 9.85. The third-order valence-electron chi connectivity index (χ3n) is 6.43. The highest BCUT2D eigenvalue weighted by atomic mass is 32.1. The smallest absolute Gasteiger partial charge is 0.243 e. The van der Waals surface area contributed by atoms with E-state index in [0.717, 1.165) is 37.9 Å². The molecule has 5 heterocycles. The van der Waals surface area contributed by atoms with Gasteiger partial charge in [-0.2, -0.15) is 0 Å². The third kappa shape index (κ3) is 2.15. The van der Waals surface area contributed by atoms with Crippen molar-refractivity contribution < 1.29 is 4.79 Å². The average Bonchev–Trinajstić information content (AvgIpc) is 3.34. The largest absolute Gasteiger partial charge is 0.336 e. The number of likely N-dealkylation sites (tertiary alicyclic amines) is 1. The van der Waals surface area contributed by atoms with Gasteiger partial charge >= 0.3 is 0 Å². The monoisotopic (exact) mass is 353 g/mol. The van der Waals surface area contributed by atoms with Crippen LogP contribution in [-0.4, -0.2) is 39.3 Å². The van der Waals surface area contributed by atoms with Crippen LogP contribution < -0.4 is 0 Å². The molecule has 3 fully saturated rings. The van der Waals surface area contributed by atoms with Crippen LogP contribution in [0, 0.1) is 12.8 Å². The van der Waals surface area contributed by atoms with Gasteiger partial charge < -0.3 is 4.90 Å². The molecule has 3 saturated heterocycles. The summed E-state index contributed by atoms with van der Waals surface area (Å²) >= 11 is 1.86. The minimum atomic E-state index is -0.233. The van der Waals surface area contributed by atoms with Crippen molar-refractivity contribution in [2.45, 2.75) is 44.3 Å². The van der Waals surface area contributed by atoms with Crippen LogP contribution in [0.25, 0.3) is 0 Å². The summed E-state index contributed by atoms with van der Waals surface area (Å²) in [6.45, 7) is 4.86. The summed E-state index contributed by atoms with van der Waals surface area (Å²) in [4.78, 5) is 23.8. The van der Waals surface area contributed by atoms with E-state index in [1.54, 1.807) is 6.20 Å². The van der Waals surface area contributed by atoms with Crippen molar-refractivity contribution in [3.8, 4) is 0 Å². The Morgan fingerprint density at radius 3 is 3.08 bits per heavy atom. The van der Waals surface area contributed by atoms with E-state index in [9.17, 15) is 4.79 Å². The summed E-state index contributed by atoms with van der Waals surface area (Å²) in [6, 6.07) is 6.67. The number of nitrogens with zero attached hydrogens (tertiary/aromatic N) is 3. The minimum Gasteiger partial charge on any atom is -0.336 e. The highest BCUT2D eigenvalue weighted by Gasteiger charge is 2.65. The molecule has 2 aromatic rings. The molecule has 0 radical (unpaired) electrons. The third-order valence-corrected chi connectivity index (χ3v) is 7.55. The lowest BCUT2D eigenvalue weighted by molar-refractivity contribution is -0.137. The number of rotatable bonds is 3. The first-order chi connectivity index (χ1) is 12.2. The summed E-state index contributed by atoms with van der Waals surface area (Å²) < 4.78 is 0. The summed E-state index contributed by atoms with van der Waals surface area (Å²) in [5, 5.41) is 2.19. The van der Waals surface area contributed by atoms with Crippen molar-refractivity contribution in [1.29, 1.82) is 0 Å². The first-order valence-corrected chi connectivity index (χ1v) is 10.1. The zero-order chi connectivity index (χ0) is 17.0. The van der Waals surface area contributed by atoms with Gasteiger partial charge in [-0.3, -0.25) is 14.7 Å². The highest BCUT2D eigenvalue weighted by Crippen LogP contribution is 2.57. The molecule has 0 aromatic carbocycles. The van der Waals surface area contributed by atoms with Gasteiger partial charge in [-0.05, 0) is 61.4 Å². The Kier molecular flexibility index (Phi) is 3.51. The Hall–Kier alpha value is -1.72. The number of aromatic nitrogens is 1. The molecular formula is C20H23N3OS. The van der Waals surface area contributed by atoms with Gasteiger partial charge in [-0.15, -0.1) is 11.3 Å². The number of carbonyl (C=O) groups excluding carboxylic acids is 1. The van der Waals surface area contributed by atoms with Crippen molar-refractivity contribution in [2.75, 3.05) is 13.1 Å². The number of carbonyl (C=O) groups is 1. The van der Waals surface area contributed by atoms with Gasteiger partial charge in [0.05, 0.1) is 0 Å². The molecule has 1 spiro atoms. The maximum atomic E-state index is 13.5. The normalized spacial score (nSPS) is 31.6. The van der Waals surface area contributed by atoms with Crippen molar-refractivity contribution in [2.24, 2.45) is 5.92 Å². The van der Waals surface area contributed by atoms with Crippen LogP contribution in [0.15, 0.2) is 36.0 Å². The lowest BCUT2D eigenvalue weighted by Crippen LogP contribution is -2.49. The highest BCUT2D eigenvalue weighted by molar-refractivity contribution is 7.10. The van der Waals surface area contributed by atoms with E-state index < -0.39 is 0 Å². The van der Waals surface area contributed by atoms with Crippen LogP contribution in [0.1, 0.15) is 41.3 Å². The Bertz CT molecular complexity index is 804. The Labute approximate surface area is 152 Å². The molecule has 5 rings (SSSR count). The maximum absolute atomic E-state index is 13.5. The fraction of sp³-hybridized carbons (Fsp3) is 0.500. The second-order valence-electron chi connectivity index (χ2n) is 7.68. The molecule has 130 valence electrons. The topological polar surface area (TPSA) is 36.4 Å². The fourth-order valence-electron chi connectivity index (χ4n) is 5.40. The van der Waals surface area contributed by atoms with E-state index >= 15 is 0 Å². The van der Waals surface area contributed by atoms with Crippen LogP contribution in [0.2, 0.25) is 0 Å². The van der Waals surface area contributed by atoms with Crippen molar-refractivity contribution in [3.63, 3.8) is 0 Å². The number of pyridine rings is 1. The molecule has 0 bridgehead atoms. The zero-order valence-electron chi connectivity index (χ0n) is 14.5. The van der Waals surface area contributed by atoms with E-state index in [-0.39, 0.29) is 5.54 Å². The summed E-state index contributed by atoms with van der Waals surface area (Å²) in [6.07, 6.45) is 6.96. The first kappa shape index (κ1) is 15.5. The quantitative estimate of drug-likeness (QED) is 0.849. The maximum Gasteiger partial charge on any atom is 0.243 e. The van der Waals surface area contributed by atoms with Crippen LogP contribution in [-0.2, 0) is 11.3 Å². The van der Waals surface area contributed by atoms with Gasteiger partial charge in [0.2, 0.25) is 5.91 Å². The number of amides is 1. The molecule has 0 saturated carbocycles. The Morgan fingerprint density at radius 2 is 2.32 bits per heavy atom. The number of thiophene rings is 1. The number of hydrogen-bond donors (Lipinski definition) is 0. The number of hydrogen-bond acceptors (Lipinski definition) is 4. The van der Waals surface area contributed by atoms with E-state index in [1.807, 2.05) is 23.6 Å². The van der Waals surface area contributed by atoms with Crippen LogP contribution in [0.5, 0.6) is 0 Å². The zero-order valence-corrected chi connectivity index (χ0v) is 15.3. The first-order valence-electron chi connectivity index (χ1n) is 9.19. The minimum absolute atomic E-state index is 0.233. The summed E-state index contributed by atoms with van der Waals surface area (Å²) in [5.74, 6) is 0.821. The van der Waals surface area contributed by atoms with Gasteiger partial charge in [0.1, 0.15) is 5.54 Å². The van der Waals surface area contributed by atoms with E-state index in [4.69, 9.17) is 0 Å². The fourth-order valence-corrected chi connectivity index (χ4v) is 6.46. The van der Waals surface area contributed by atoms with Gasteiger partial charge in [0.15, 0.2) is 0 Å². The van der Waals surface area contributed by atoms with Crippen molar-refractivity contribution >= 4 is 17.2 Å². The Morgan fingerprint density at radius 1 is 1.40 bits per heavy atom. The van der Waals surface area contributed by atoms with Crippen LogP contribution in [0.3, 0.4) is 0 Å². The summed E-state index contributed by atoms with van der Waals surface area (Å²) in [7, 11) is 0. The predicted octanol–water partition coefficient (Wildman–Crippen LogP) is 3.39. The molecule has 25 heavy (non-hydrogen) atoms. The van der Waals surface area contributed by atoms with Gasteiger partial charge in [0, 0.05) is 42.3 Å². The molecule has 0 aliphatic carbocycles. The van der Waals surface area contributed by atoms with Gasteiger partial charge in [0.25, 0.3) is 0 Å². The van der Waals surface area contributed by atoms with Crippen LogP contribution >= 0.6 is 11.3 Å². The van der Waals surface area contributed by atoms with Gasteiger partial charge in [-0.1, -0.05) is 6.07 Å². The predicted molar refractivity (Wildman–Crippen MR) is 98.2 cm³/mol. The molecular weight excluding hydrogens is 330 g/mol. The molecule has 3 aliphatic rings. The van der Waals surface area contributed by atoms with Crippen molar-refractivity contribution in [3.05, 3.63) is 52.0 Å².